The van der Waals surface area contributed by atoms with Gasteiger partial charge in [0.15, 0.2) is 0 Å². The molecule has 0 saturated heterocycles. The molecule has 3 aromatic carbocycles. The Morgan fingerprint density at radius 1 is 0.912 bits per heavy atom. The molecule has 0 saturated carbocycles. The number of nitrogens with zero attached hydrogens (tertiary/aromatic N) is 1. The molecule has 0 aromatic heterocycles. The van der Waals surface area contributed by atoms with Gasteiger partial charge in [0.1, 0.15) is 6.04 Å². The molecule has 0 heterocycles. The number of rotatable bonds is 10. The fraction of sp³-hybridized carbons (Fsp3) is 0.286. The Hall–Kier alpha value is -2.76. The van der Waals surface area contributed by atoms with Crippen LogP contribution in [0.15, 0.2) is 72.8 Å². The van der Waals surface area contributed by atoms with Crippen LogP contribution in [0.1, 0.15) is 27.8 Å². The zero-order valence-electron chi connectivity index (χ0n) is 19.9. The van der Waals surface area contributed by atoms with Gasteiger partial charge in [-0.25, -0.2) is 0 Å². The molecule has 0 aliphatic heterocycles. The van der Waals surface area contributed by atoms with Crippen LogP contribution in [0.25, 0.3) is 0 Å². The summed E-state index contributed by atoms with van der Waals surface area (Å²) in [7, 11) is 1.61. The highest BCUT2D eigenvalue weighted by Gasteiger charge is 2.29. The standard InChI is InChI=1S/C28H31ClN2O2S/c1-20-13-21(2)15-24(14-20)18-34-19-27(32)31(17-23-9-11-25(29)12-10-23)26(28(33)30-3)16-22-7-5-4-6-8-22/h4-15,26H,16-19H2,1-3H3,(H,30,33)/t26-/m0/s1. The van der Waals surface area contributed by atoms with Crippen LogP contribution in [0.5, 0.6) is 0 Å². The minimum atomic E-state index is -0.614. The molecule has 0 unspecified atom stereocenters. The van der Waals surface area contributed by atoms with Crippen molar-refractivity contribution in [1.29, 1.82) is 0 Å². The molecular weight excluding hydrogens is 464 g/mol. The molecule has 3 rings (SSSR count). The molecule has 0 bridgehead atoms. The van der Waals surface area contributed by atoms with Crippen LogP contribution >= 0.6 is 23.4 Å². The first kappa shape index (κ1) is 25.9. The van der Waals surface area contributed by atoms with Crippen molar-refractivity contribution >= 4 is 35.2 Å². The number of hydrogen-bond acceptors (Lipinski definition) is 3. The van der Waals surface area contributed by atoms with E-state index in [4.69, 9.17) is 11.6 Å². The molecule has 1 N–H and O–H groups in total. The number of carbonyl (C=O) groups is 2. The summed E-state index contributed by atoms with van der Waals surface area (Å²) < 4.78 is 0. The van der Waals surface area contributed by atoms with E-state index in [1.165, 1.54) is 16.7 Å². The van der Waals surface area contributed by atoms with Gasteiger partial charge in [0.2, 0.25) is 11.8 Å². The van der Waals surface area contributed by atoms with Crippen molar-refractivity contribution in [2.24, 2.45) is 0 Å². The molecule has 0 spiro atoms. The van der Waals surface area contributed by atoms with Crippen molar-refractivity contribution in [2.45, 2.75) is 38.6 Å². The Kier molecular flexibility index (Phi) is 9.61. The maximum absolute atomic E-state index is 13.5. The summed E-state index contributed by atoms with van der Waals surface area (Å²) in [5.74, 6) is 0.800. The van der Waals surface area contributed by atoms with Crippen LogP contribution in [0.3, 0.4) is 0 Å². The van der Waals surface area contributed by atoms with E-state index >= 15 is 0 Å². The van der Waals surface area contributed by atoms with Crippen molar-refractivity contribution in [3.8, 4) is 0 Å². The average Bonchev–Trinajstić information content (AvgIpc) is 2.82. The molecule has 3 aromatic rings. The van der Waals surface area contributed by atoms with Gasteiger partial charge >= 0.3 is 0 Å². The fourth-order valence-electron chi connectivity index (χ4n) is 4.00. The van der Waals surface area contributed by atoms with Crippen molar-refractivity contribution in [3.63, 3.8) is 0 Å². The van der Waals surface area contributed by atoms with Crippen molar-refractivity contribution in [1.82, 2.24) is 10.2 Å². The first-order valence-corrected chi connectivity index (χ1v) is 12.8. The third-order valence-corrected chi connectivity index (χ3v) is 6.80. The van der Waals surface area contributed by atoms with Gasteiger partial charge in [-0.3, -0.25) is 9.59 Å². The lowest BCUT2D eigenvalue weighted by Crippen LogP contribution is -2.50. The molecule has 6 heteroatoms. The molecule has 0 aliphatic carbocycles. The number of nitrogens with one attached hydrogen (secondary N) is 1. The third-order valence-electron chi connectivity index (χ3n) is 5.56. The van der Waals surface area contributed by atoms with E-state index in [2.05, 4.69) is 37.4 Å². The third kappa shape index (κ3) is 7.64. The molecule has 4 nitrogen and oxygen atoms in total. The molecule has 1 atom stereocenters. The van der Waals surface area contributed by atoms with Gasteiger partial charge in [0.25, 0.3) is 0 Å². The van der Waals surface area contributed by atoms with E-state index < -0.39 is 6.04 Å². The number of hydrogen-bond donors (Lipinski definition) is 1. The van der Waals surface area contributed by atoms with Crippen molar-refractivity contribution in [3.05, 3.63) is 106 Å². The molecule has 34 heavy (non-hydrogen) atoms. The van der Waals surface area contributed by atoms with E-state index in [1.807, 2.05) is 42.5 Å². The number of carbonyl (C=O) groups excluding carboxylic acids is 2. The van der Waals surface area contributed by atoms with Crippen LogP contribution < -0.4 is 5.32 Å². The lowest BCUT2D eigenvalue weighted by atomic mass is 10.0. The molecule has 0 aliphatic rings. The molecular formula is C28H31ClN2O2S. The van der Waals surface area contributed by atoms with Gasteiger partial charge in [-0.2, -0.15) is 0 Å². The number of thioether (sulfide) groups is 1. The average molecular weight is 495 g/mol. The minimum Gasteiger partial charge on any atom is -0.357 e. The normalized spacial score (nSPS) is 11.6. The predicted molar refractivity (Wildman–Crippen MR) is 142 cm³/mol. The zero-order chi connectivity index (χ0) is 24.5. The summed E-state index contributed by atoms with van der Waals surface area (Å²) in [6.07, 6.45) is 0.446. The van der Waals surface area contributed by atoms with Gasteiger partial charge in [-0.05, 0) is 42.7 Å². The van der Waals surface area contributed by atoms with Crippen LogP contribution in [-0.2, 0) is 28.3 Å². The summed E-state index contributed by atoms with van der Waals surface area (Å²) in [4.78, 5) is 28.1. The Morgan fingerprint density at radius 2 is 1.56 bits per heavy atom. The summed E-state index contributed by atoms with van der Waals surface area (Å²) >= 11 is 7.63. The summed E-state index contributed by atoms with van der Waals surface area (Å²) in [6.45, 7) is 4.50. The van der Waals surface area contributed by atoms with Crippen LogP contribution in [-0.4, -0.2) is 35.6 Å². The maximum Gasteiger partial charge on any atom is 0.242 e. The van der Waals surface area contributed by atoms with Crippen LogP contribution in [0.2, 0.25) is 5.02 Å². The van der Waals surface area contributed by atoms with Gasteiger partial charge in [-0.15, -0.1) is 11.8 Å². The summed E-state index contributed by atoms with van der Waals surface area (Å²) in [5, 5.41) is 3.39. The Balaban J connectivity index is 1.80. The molecule has 2 amide bonds. The SMILES string of the molecule is CNC(=O)[C@H](Cc1ccccc1)N(Cc1ccc(Cl)cc1)C(=O)CSCc1cc(C)cc(C)c1. The number of aryl methyl sites for hydroxylation is 2. The number of likely N-dealkylation sites (N-methyl/N-ethyl adjacent to an activating group) is 1. The molecule has 0 radical (unpaired) electrons. The molecule has 0 fully saturated rings. The van der Waals surface area contributed by atoms with E-state index in [0.717, 1.165) is 16.9 Å². The smallest absolute Gasteiger partial charge is 0.242 e. The Labute approximate surface area is 211 Å². The second-order valence-electron chi connectivity index (χ2n) is 8.46. The Bertz CT molecular complexity index is 1080. The van der Waals surface area contributed by atoms with E-state index in [9.17, 15) is 9.59 Å². The van der Waals surface area contributed by atoms with Crippen molar-refractivity contribution in [2.75, 3.05) is 12.8 Å². The second kappa shape index (κ2) is 12.6. The summed E-state index contributed by atoms with van der Waals surface area (Å²) in [5.41, 5.74) is 5.57. The van der Waals surface area contributed by atoms with E-state index in [0.29, 0.717) is 23.7 Å². The number of benzene rings is 3. The lowest BCUT2D eigenvalue weighted by Gasteiger charge is -2.31. The topological polar surface area (TPSA) is 49.4 Å². The predicted octanol–water partition coefficient (Wildman–Crippen LogP) is 5.58. The molecule has 178 valence electrons. The van der Waals surface area contributed by atoms with E-state index in [1.54, 1.807) is 35.8 Å². The highest BCUT2D eigenvalue weighted by atomic mass is 35.5. The minimum absolute atomic E-state index is 0.0612. The number of amides is 2. The van der Waals surface area contributed by atoms with E-state index in [-0.39, 0.29) is 11.8 Å². The highest BCUT2D eigenvalue weighted by Crippen LogP contribution is 2.20. The quantitative estimate of drug-likeness (QED) is 0.400. The van der Waals surface area contributed by atoms with Gasteiger partial charge in [0.05, 0.1) is 5.75 Å². The first-order chi connectivity index (χ1) is 16.4. The van der Waals surface area contributed by atoms with Crippen LogP contribution in [0, 0.1) is 13.8 Å². The second-order valence-corrected chi connectivity index (χ2v) is 9.88. The summed E-state index contributed by atoms with van der Waals surface area (Å²) in [6, 6.07) is 23.0. The highest BCUT2D eigenvalue weighted by molar-refractivity contribution is 7.99. The fourth-order valence-corrected chi connectivity index (χ4v) is 4.97. The lowest BCUT2D eigenvalue weighted by molar-refractivity contribution is -0.139. The number of halogens is 1. The monoisotopic (exact) mass is 494 g/mol. The van der Waals surface area contributed by atoms with Crippen LogP contribution in [0.4, 0.5) is 0 Å². The Morgan fingerprint density at radius 3 is 2.18 bits per heavy atom. The van der Waals surface area contributed by atoms with Gasteiger partial charge in [-0.1, -0.05) is 83.4 Å². The first-order valence-electron chi connectivity index (χ1n) is 11.3. The zero-order valence-corrected chi connectivity index (χ0v) is 21.5. The largest absolute Gasteiger partial charge is 0.357 e. The van der Waals surface area contributed by atoms with Crippen molar-refractivity contribution < 1.29 is 9.59 Å². The van der Waals surface area contributed by atoms with Gasteiger partial charge < -0.3 is 10.2 Å². The van der Waals surface area contributed by atoms with Gasteiger partial charge in [0, 0.05) is 30.8 Å². The maximum atomic E-state index is 13.5.